The number of aliphatic imine (C=N–C) groups is 1. The molecule has 6 heteroatoms. The maximum Gasteiger partial charge on any atom is 0.199 e. The summed E-state index contributed by atoms with van der Waals surface area (Å²) in [6.45, 7) is 0. The first kappa shape index (κ1) is 5.10. The summed E-state index contributed by atoms with van der Waals surface area (Å²) in [5.74, 6) is 0.539. The Morgan fingerprint density at radius 2 is 2.40 bits per heavy atom. The zero-order chi connectivity index (χ0) is 6.81. The second kappa shape index (κ2) is 1.90. The van der Waals surface area contributed by atoms with Crippen LogP contribution in [0.3, 0.4) is 0 Å². The number of aromatic amines is 1. The molecule has 1 radical (unpaired) electrons. The Morgan fingerprint density at radius 3 is 3.00 bits per heavy atom. The molecular weight excluding hydrogens is 132 g/mol. The van der Waals surface area contributed by atoms with Crippen molar-refractivity contribution in [3.8, 4) is 0 Å². The van der Waals surface area contributed by atoms with Gasteiger partial charge in [-0.3, -0.25) is 0 Å². The molecule has 2 heterocycles. The third kappa shape index (κ3) is 0.661. The van der Waals surface area contributed by atoms with E-state index in [0.29, 0.717) is 11.5 Å². The second-order valence-electron chi connectivity index (χ2n) is 1.66. The number of rotatable bonds is 1. The van der Waals surface area contributed by atoms with Gasteiger partial charge in [0.2, 0.25) is 0 Å². The molecule has 0 bridgehead atoms. The number of hydrogen-bond donors (Lipinski definition) is 1. The van der Waals surface area contributed by atoms with E-state index >= 15 is 0 Å². The van der Waals surface area contributed by atoms with Crippen molar-refractivity contribution in [3.05, 3.63) is 12.0 Å². The van der Waals surface area contributed by atoms with Crippen molar-refractivity contribution in [1.29, 1.82) is 0 Å². The quantitative estimate of drug-likeness (QED) is 0.544. The van der Waals surface area contributed by atoms with Crippen molar-refractivity contribution in [3.63, 3.8) is 0 Å². The van der Waals surface area contributed by atoms with Crippen molar-refractivity contribution < 1.29 is 0 Å². The SMILES string of the molecule is C1=NC=C(c2nnn[nH]2)[N]1. The molecule has 1 aromatic rings. The summed E-state index contributed by atoms with van der Waals surface area (Å²) in [4.78, 5) is 3.75. The van der Waals surface area contributed by atoms with Crippen molar-refractivity contribution >= 4 is 12.0 Å². The first-order chi connectivity index (χ1) is 4.97. The molecule has 0 atom stereocenters. The van der Waals surface area contributed by atoms with E-state index in [-0.39, 0.29) is 0 Å². The lowest BCUT2D eigenvalue weighted by molar-refractivity contribution is 0.881. The fourth-order valence-corrected chi connectivity index (χ4v) is 0.623. The van der Waals surface area contributed by atoms with Gasteiger partial charge < -0.3 is 0 Å². The molecule has 49 valence electrons. The Balaban J connectivity index is 2.30. The van der Waals surface area contributed by atoms with Crippen LogP contribution in [0.4, 0.5) is 0 Å². The normalized spacial score (nSPS) is 15.0. The molecule has 0 saturated heterocycles. The third-order valence-corrected chi connectivity index (χ3v) is 1.05. The lowest BCUT2D eigenvalue weighted by Gasteiger charge is -1.87. The van der Waals surface area contributed by atoms with Crippen molar-refractivity contribution in [2.75, 3.05) is 0 Å². The van der Waals surface area contributed by atoms with E-state index in [1.165, 1.54) is 6.34 Å². The number of aromatic nitrogens is 4. The topological polar surface area (TPSA) is 80.9 Å². The molecule has 0 spiro atoms. The van der Waals surface area contributed by atoms with Gasteiger partial charge in [0.25, 0.3) is 0 Å². The molecule has 0 aliphatic carbocycles. The van der Waals surface area contributed by atoms with Crippen LogP contribution in [0.25, 0.3) is 5.70 Å². The van der Waals surface area contributed by atoms with Crippen molar-refractivity contribution in [1.82, 2.24) is 25.9 Å². The molecule has 1 aliphatic rings. The van der Waals surface area contributed by atoms with E-state index in [4.69, 9.17) is 0 Å². The van der Waals surface area contributed by atoms with Gasteiger partial charge >= 0.3 is 0 Å². The summed E-state index contributed by atoms with van der Waals surface area (Å²) in [5.41, 5.74) is 0.657. The van der Waals surface area contributed by atoms with Crippen LogP contribution in [-0.2, 0) is 0 Å². The van der Waals surface area contributed by atoms with Gasteiger partial charge in [0, 0.05) is 0 Å². The van der Waals surface area contributed by atoms with Crippen molar-refractivity contribution in [2.45, 2.75) is 0 Å². The van der Waals surface area contributed by atoms with Crippen LogP contribution in [0.1, 0.15) is 5.82 Å². The number of hydrogen-bond acceptors (Lipinski definition) is 4. The van der Waals surface area contributed by atoms with E-state index in [0.717, 1.165) is 0 Å². The summed E-state index contributed by atoms with van der Waals surface area (Å²) in [6, 6.07) is 0. The van der Waals surface area contributed by atoms with Gasteiger partial charge in [-0.25, -0.2) is 15.4 Å². The molecule has 0 fully saturated rings. The van der Waals surface area contributed by atoms with Crippen LogP contribution in [-0.4, -0.2) is 27.0 Å². The lowest BCUT2D eigenvalue weighted by Crippen LogP contribution is -1.97. The predicted molar refractivity (Wildman–Crippen MR) is 32.8 cm³/mol. The summed E-state index contributed by atoms with van der Waals surface area (Å²) in [7, 11) is 0. The van der Waals surface area contributed by atoms with E-state index in [1.807, 2.05) is 0 Å². The summed E-state index contributed by atoms with van der Waals surface area (Å²) in [5, 5.41) is 16.9. The highest BCUT2D eigenvalue weighted by atomic mass is 15.5. The number of tetrazole rings is 1. The third-order valence-electron chi connectivity index (χ3n) is 1.05. The summed E-state index contributed by atoms with van der Waals surface area (Å²) in [6.07, 6.45) is 3.03. The lowest BCUT2D eigenvalue weighted by atomic mass is 10.5. The molecule has 0 unspecified atom stereocenters. The van der Waals surface area contributed by atoms with Crippen LogP contribution in [0.5, 0.6) is 0 Å². The molecule has 1 aromatic heterocycles. The Labute approximate surface area is 56.0 Å². The van der Waals surface area contributed by atoms with E-state index < -0.39 is 0 Å². The predicted octanol–water partition coefficient (Wildman–Crippen LogP) is -0.856. The molecule has 0 saturated carbocycles. The molecule has 6 nitrogen and oxygen atoms in total. The zero-order valence-corrected chi connectivity index (χ0v) is 4.89. The molecule has 1 aliphatic heterocycles. The van der Waals surface area contributed by atoms with Crippen LogP contribution in [0.2, 0.25) is 0 Å². The standard InChI is InChI=1S/C4H3N6/c1-3(6-2-5-1)4-7-9-10-8-4/h1-2H,(H,7,8,9,10). The minimum absolute atomic E-state index is 0.539. The van der Waals surface area contributed by atoms with Crippen LogP contribution < -0.4 is 5.32 Å². The van der Waals surface area contributed by atoms with Gasteiger partial charge in [0.1, 0.15) is 12.0 Å². The van der Waals surface area contributed by atoms with Crippen LogP contribution in [0, 0.1) is 0 Å². The van der Waals surface area contributed by atoms with E-state index in [2.05, 4.69) is 30.9 Å². The van der Waals surface area contributed by atoms with E-state index in [1.54, 1.807) is 6.20 Å². The molecule has 2 rings (SSSR count). The maximum atomic E-state index is 3.87. The highest BCUT2D eigenvalue weighted by Gasteiger charge is 2.07. The minimum Gasteiger partial charge on any atom is -0.242 e. The summed E-state index contributed by atoms with van der Waals surface area (Å²) >= 11 is 0. The first-order valence-corrected chi connectivity index (χ1v) is 2.63. The maximum absolute atomic E-state index is 3.87. The largest absolute Gasteiger partial charge is 0.242 e. The fraction of sp³-hybridized carbons (Fsp3) is 0. The minimum atomic E-state index is 0.539. The highest BCUT2D eigenvalue weighted by molar-refractivity contribution is 5.77. The molecule has 1 N–H and O–H groups in total. The molecule has 0 amide bonds. The molecular formula is C4H3N6. The first-order valence-electron chi connectivity index (χ1n) is 2.63. The number of nitrogens with one attached hydrogen (secondary N) is 1. The molecule has 0 aromatic carbocycles. The smallest absolute Gasteiger partial charge is 0.199 e. The average Bonchev–Trinajstić information content (AvgIpc) is 2.59. The van der Waals surface area contributed by atoms with Crippen LogP contribution >= 0.6 is 0 Å². The van der Waals surface area contributed by atoms with Gasteiger partial charge in [-0.1, -0.05) is 0 Å². The van der Waals surface area contributed by atoms with Gasteiger partial charge in [0.05, 0.1) is 6.20 Å². The van der Waals surface area contributed by atoms with Gasteiger partial charge in [0.15, 0.2) is 5.82 Å². The van der Waals surface area contributed by atoms with Crippen molar-refractivity contribution in [2.24, 2.45) is 4.99 Å². The highest BCUT2D eigenvalue weighted by Crippen LogP contribution is 2.06. The Kier molecular flexibility index (Phi) is 0.970. The van der Waals surface area contributed by atoms with Gasteiger partial charge in [-0.2, -0.15) is 0 Å². The zero-order valence-electron chi connectivity index (χ0n) is 4.89. The Morgan fingerprint density at radius 1 is 1.40 bits per heavy atom. The van der Waals surface area contributed by atoms with Gasteiger partial charge in [-0.05, 0) is 10.4 Å². The fourth-order valence-electron chi connectivity index (χ4n) is 0.623. The second-order valence-corrected chi connectivity index (χ2v) is 1.66. The van der Waals surface area contributed by atoms with E-state index in [9.17, 15) is 0 Å². The Bertz CT molecular complexity index is 270. The number of nitrogens with zero attached hydrogens (tertiary/aromatic N) is 5. The van der Waals surface area contributed by atoms with Crippen LogP contribution in [0.15, 0.2) is 11.2 Å². The number of H-pyrrole nitrogens is 1. The average molecular weight is 135 g/mol. The summed E-state index contributed by atoms with van der Waals surface area (Å²) < 4.78 is 0. The van der Waals surface area contributed by atoms with Gasteiger partial charge in [-0.15, -0.1) is 5.10 Å². The molecule has 10 heavy (non-hydrogen) atoms. The monoisotopic (exact) mass is 135 g/mol. The Hall–Kier alpha value is -1.72.